The summed E-state index contributed by atoms with van der Waals surface area (Å²) < 4.78 is 6.04. The van der Waals surface area contributed by atoms with Crippen LogP contribution in [0.2, 0.25) is 0 Å². The van der Waals surface area contributed by atoms with Crippen LogP contribution in [0.1, 0.15) is 19.4 Å². The van der Waals surface area contributed by atoms with E-state index in [0.29, 0.717) is 25.7 Å². The number of benzene rings is 1. The number of rotatable bonds is 6. The van der Waals surface area contributed by atoms with Crippen LogP contribution in [-0.2, 0) is 10.2 Å². The van der Waals surface area contributed by atoms with Gasteiger partial charge in [-0.3, -0.25) is 4.99 Å². The first kappa shape index (κ1) is 16.0. The standard InChI is InChI=1S/C14H22BrN3O/c1-14(2,11-6-4-5-7-12(11)15)10-18-13(16)17-8-9-19-3/h4-7H,8-10H2,1-3H3,(H3,16,17,18). The first-order chi connectivity index (χ1) is 8.97. The highest BCUT2D eigenvalue weighted by Crippen LogP contribution is 2.30. The molecule has 0 saturated heterocycles. The smallest absolute Gasteiger partial charge is 0.188 e. The molecule has 0 amide bonds. The fraction of sp³-hybridized carbons (Fsp3) is 0.500. The summed E-state index contributed by atoms with van der Waals surface area (Å²) in [6, 6.07) is 8.19. The number of nitrogens with one attached hydrogen (secondary N) is 1. The Labute approximate surface area is 123 Å². The van der Waals surface area contributed by atoms with Crippen molar-refractivity contribution in [3.8, 4) is 0 Å². The number of hydrogen-bond acceptors (Lipinski definition) is 2. The highest BCUT2D eigenvalue weighted by Gasteiger charge is 2.22. The second-order valence-electron chi connectivity index (χ2n) is 4.98. The van der Waals surface area contributed by atoms with Crippen molar-refractivity contribution in [1.29, 1.82) is 0 Å². The maximum atomic E-state index is 5.81. The highest BCUT2D eigenvalue weighted by molar-refractivity contribution is 9.10. The molecule has 1 aromatic carbocycles. The number of methoxy groups -OCH3 is 1. The number of halogens is 1. The van der Waals surface area contributed by atoms with Crippen LogP contribution in [0.25, 0.3) is 0 Å². The normalized spacial score (nSPS) is 12.5. The van der Waals surface area contributed by atoms with E-state index in [1.54, 1.807) is 7.11 Å². The number of nitrogens with two attached hydrogens (primary N) is 1. The lowest BCUT2D eigenvalue weighted by molar-refractivity contribution is 0.204. The summed E-state index contributed by atoms with van der Waals surface area (Å²) >= 11 is 3.58. The Balaban J connectivity index is 2.64. The molecule has 3 N–H and O–H groups in total. The van der Waals surface area contributed by atoms with Gasteiger partial charge in [-0.15, -0.1) is 0 Å². The van der Waals surface area contributed by atoms with Crippen molar-refractivity contribution in [3.63, 3.8) is 0 Å². The van der Waals surface area contributed by atoms with Crippen LogP contribution in [0, 0.1) is 0 Å². The summed E-state index contributed by atoms with van der Waals surface area (Å²) in [7, 11) is 1.66. The lowest BCUT2D eigenvalue weighted by Crippen LogP contribution is -2.35. The highest BCUT2D eigenvalue weighted by atomic mass is 79.9. The molecule has 4 nitrogen and oxygen atoms in total. The lowest BCUT2D eigenvalue weighted by atomic mass is 9.85. The SMILES string of the molecule is COCCNC(N)=NCC(C)(C)c1ccccc1Br. The van der Waals surface area contributed by atoms with E-state index in [9.17, 15) is 0 Å². The molecule has 0 aliphatic rings. The van der Waals surface area contributed by atoms with Crippen molar-refractivity contribution in [2.24, 2.45) is 10.7 Å². The summed E-state index contributed by atoms with van der Waals surface area (Å²) in [4.78, 5) is 4.39. The summed E-state index contributed by atoms with van der Waals surface area (Å²) in [5, 5.41) is 3.01. The molecule has 0 fully saturated rings. The molecule has 0 radical (unpaired) electrons. The van der Waals surface area contributed by atoms with Crippen LogP contribution in [0.5, 0.6) is 0 Å². The molecule has 0 unspecified atom stereocenters. The van der Waals surface area contributed by atoms with Gasteiger partial charge < -0.3 is 15.8 Å². The third-order valence-corrected chi connectivity index (χ3v) is 3.55. The van der Waals surface area contributed by atoms with E-state index < -0.39 is 0 Å². The fourth-order valence-corrected chi connectivity index (χ4v) is 2.54. The third-order valence-electron chi connectivity index (χ3n) is 2.86. The van der Waals surface area contributed by atoms with Crippen LogP contribution in [0.15, 0.2) is 33.7 Å². The maximum absolute atomic E-state index is 5.81. The van der Waals surface area contributed by atoms with Crippen molar-refractivity contribution in [1.82, 2.24) is 5.32 Å². The zero-order valence-corrected chi connectivity index (χ0v) is 13.3. The summed E-state index contributed by atoms with van der Waals surface area (Å²) in [5.74, 6) is 0.456. The Kier molecular flexibility index (Phi) is 6.31. The molecule has 0 aliphatic carbocycles. The molecule has 1 aromatic rings. The maximum Gasteiger partial charge on any atom is 0.188 e. The van der Waals surface area contributed by atoms with Crippen LogP contribution in [0.3, 0.4) is 0 Å². The number of nitrogens with zero attached hydrogens (tertiary/aromatic N) is 1. The number of ether oxygens (including phenoxy) is 1. The van der Waals surface area contributed by atoms with Crippen LogP contribution < -0.4 is 11.1 Å². The van der Waals surface area contributed by atoms with Crippen molar-refractivity contribution in [2.45, 2.75) is 19.3 Å². The van der Waals surface area contributed by atoms with E-state index in [-0.39, 0.29) is 5.41 Å². The first-order valence-electron chi connectivity index (χ1n) is 6.25. The largest absolute Gasteiger partial charge is 0.383 e. The van der Waals surface area contributed by atoms with Gasteiger partial charge in [0.05, 0.1) is 13.2 Å². The van der Waals surface area contributed by atoms with Crippen LogP contribution in [-0.4, -0.2) is 32.8 Å². The van der Waals surface area contributed by atoms with Gasteiger partial charge in [-0.05, 0) is 11.6 Å². The lowest BCUT2D eigenvalue weighted by Gasteiger charge is -2.24. The van der Waals surface area contributed by atoms with Gasteiger partial charge in [0.1, 0.15) is 0 Å². The van der Waals surface area contributed by atoms with Gasteiger partial charge in [-0.1, -0.05) is 48.0 Å². The Morgan fingerprint density at radius 1 is 1.42 bits per heavy atom. The number of hydrogen-bond donors (Lipinski definition) is 2. The van der Waals surface area contributed by atoms with E-state index in [1.165, 1.54) is 5.56 Å². The molecule has 0 spiro atoms. The minimum Gasteiger partial charge on any atom is -0.383 e. The molecule has 1 rings (SSSR count). The Morgan fingerprint density at radius 2 is 2.11 bits per heavy atom. The molecule has 0 atom stereocenters. The average Bonchev–Trinajstić information content (AvgIpc) is 2.37. The Hall–Kier alpha value is -1.07. The zero-order valence-electron chi connectivity index (χ0n) is 11.7. The molecular formula is C14H22BrN3O. The van der Waals surface area contributed by atoms with Crippen molar-refractivity contribution >= 4 is 21.9 Å². The quantitative estimate of drug-likeness (QED) is 0.478. The number of guanidine groups is 1. The van der Waals surface area contributed by atoms with Gasteiger partial charge in [-0.25, -0.2) is 0 Å². The first-order valence-corrected chi connectivity index (χ1v) is 7.04. The number of aliphatic imine (C=N–C) groups is 1. The third kappa shape index (κ3) is 5.20. The van der Waals surface area contributed by atoms with Gasteiger partial charge in [0.2, 0.25) is 0 Å². The average molecular weight is 328 g/mol. The van der Waals surface area contributed by atoms with Crippen LogP contribution >= 0.6 is 15.9 Å². The summed E-state index contributed by atoms with van der Waals surface area (Å²) in [6.07, 6.45) is 0. The Bertz CT molecular complexity index is 432. The van der Waals surface area contributed by atoms with Crippen molar-refractivity contribution in [2.75, 3.05) is 26.8 Å². The van der Waals surface area contributed by atoms with Crippen molar-refractivity contribution in [3.05, 3.63) is 34.3 Å². The Morgan fingerprint density at radius 3 is 2.74 bits per heavy atom. The van der Waals surface area contributed by atoms with Crippen molar-refractivity contribution < 1.29 is 4.74 Å². The molecule has 0 aliphatic heterocycles. The second kappa shape index (κ2) is 7.50. The van der Waals surface area contributed by atoms with Crippen LogP contribution in [0.4, 0.5) is 0 Å². The predicted molar refractivity (Wildman–Crippen MR) is 83.5 cm³/mol. The molecule has 0 bridgehead atoms. The van der Waals surface area contributed by atoms with Gasteiger partial charge in [-0.2, -0.15) is 0 Å². The molecule has 0 aromatic heterocycles. The monoisotopic (exact) mass is 327 g/mol. The molecule has 106 valence electrons. The molecule has 0 saturated carbocycles. The summed E-state index contributed by atoms with van der Waals surface area (Å²) in [6.45, 7) is 6.21. The van der Waals surface area contributed by atoms with Gasteiger partial charge in [0, 0.05) is 23.5 Å². The molecular weight excluding hydrogens is 306 g/mol. The minimum atomic E-state index is -0.0757. The van der Waals surface area contributed by atoms with Gasteiger partial charge in [0.25, 0.3) is 0 Å². The topological polar surface area (TPSA) is 59.6 Å². The second-order valence-corrected chi connectivity index (χ2v) is 5.84. The van der Waals surface area contributed by atoms with E-state index in [0.717, 1.165) is 4.47 Å². The zero-order chi connectivity index (χ0) is 14.3. The van der Waals surface area contributed by atoms with E-state index in [4.69, 9.17) is 10.5 Å². The minimum absolute atomic E-state index is 0.0757. The molecule has 0 heterocycles. The predicted octanol–water partition coefficient (Wildman–Crippen LogP) is 2.28. The van der Waals surface area contributed by atoms with E-state index >= 15 is 0 Å². The van der Waals surface area contributed by atoms with Gasteiger partial charge >= 0.3 is 0 Å². The molecule has 5 heteroatoms. The van der Waals surface area contributed by atoms with E-state index in [2.05, 4.69) is 46.2 Å². The van der Waals surface area contributed by atoms with E-state index in [1.807, 2.05) is 18.2 Å². The fourth-order valence-electron chi connectivity index (χ4n) is 1.72. The summed E-state index contributed by atoms with van der Waals surface area (Å²) in [5.41, 5.74) is 6.96. The van der Waals surface area contributed by atoms with Gasteiger partial charge in [0.15, 0.2) is 5.96 Å². The molecule has 19 heavy (non-hydrogen) atoms.